The lowest BCUT2D eigenvalue weighted by Gasteiger charge is -2.15. The van der Waals surface area contributed by atoms with Crippen LogP contribution in [0.25, 0.3) is 11.3 Å². The molecule has 0 fully saturated rings. The molecule has 118 valence electrons. The van der Waals surface area contributed by atoms with Crippen LogP contribution in [0.1, 0.15) is 55.2 Å². The van der Waals surface area contributed by atoms with Crippen molar-refractivity contribution in [3.63, 3.8) is 0 Å². The second-order valence-electron chi connectivity index (χ2n) is 6.61. The largest absolute Gasteiger partial charge is 0.478 e. The number of aromatic carboxylic acids is 1. The molecule has 2 rings (SSSR count). The van der Waals surface area contributed by atoms with E-state index in [1.165, 1.54) is 5.56 Å². The van der Waals surface area contributed by atoms with E-state index in [1.54, 1.807) is 6.07 Å². The monoisotopic (exact) mass is 299 g/mol. The summed E-state index contributed by atoms with van der Waals surface area (Å²) in [7, 11) is 0. The van der Waals surface area contributed by atoms with Gasteiger partial charge in [-0.15, -0.1) is 0 Å². The van der Waals surface area contributed by atoms with Crippen molar-refractivity contribution < 1.29 is 9.90 Å². The Bertz CT molecular complexity index is 663. The van der Waals surface area contributed by atoms with Crippen molar-refractivity contribution in [3.05, 3.63) is 47.2 Å². The highest BCUT2D eigenvalue weighted by atomic mass is 16.4. The Kier molecular flexibility index (Phi) is 4.74. The second kappa shape index (κ2) is 6.39. The number of hydrogen-bond acceptors (Lipinski definition) is 1. The van der Waals surface area contributed by atoms with Crippen LogP contribution in [0.3, 0.4) is 0 Å². The van der Waals surface area contributed by atoms with Crippen molar-refractivity contribution in [2.45, 2.75) is 47.1 Å². The molecule has 1 N–H and O–H groups in total. The summed E-state index contributed by atoms with van der Waals surface area (Å²) in [6.07, 6.45) is 0. The molecule has 3 nitrogen and oxygen atoms in total. The van der Waals surface area contributed by atoms with E-state index in [2.05, 4.69) is 56.5 Å². The summed E-state index contributed by atoms with van der Waals surface area (Å²) >= 11 is 0. The molecule has 1 aromatic carbocycles. The zero-order chi connectivity index (χ0) is 16.4. The summed E-state index contributed by atoms with van der Waals surface area (Å²) in [5.41, 5.74) is 4.56. The highest BCUT2D eigenvalue weighted by Gasteiger charge is 2.18. The van der Waals surface area contributed by atoms with Crippen LogP contribution < -0.4 is 0 Å². The first-order valence-electron chi connectivity index (χ1n) is 7.85. The summed E-state index contributed by atoms with van der Waals surface area (Å²) in [6.45, 7) is 11.3. The van der Waals surface area contributed by atoms with Crippen LogP contribution in [0.2, 0.25) is 0 Å². The van der Waals surface area contributed by atoms with E-state index < -0.39 is 5.97 Å². The molecule has 0 radical (unpaired) electrons. The predicted octanol–water partition coefficient (Wildman–Crippen LogP) is 4.94. The van der Waals surface area contributed by atoms with Gasteiger partial charge in [0.05, 0.1) is 5.56 Å². The number of carboxylic acid groups (broad SMARTS) is 1. The molecule has 0 atom stereocenters. The summed E-state index contributed by atoms with van der Waals surface area (Å²) < 4.78 is 2.12. The van der Waals surface area contributed by atoms with Crippen LogP contribution in [0, 0.1) is 12.8 Å². The number of benzene rings is 1. The third-order valence-electron chi connectivity index (χ3n) is 4.02. The second-order valence-corrected chi connectivity index (χ2v) is 6.61. The van der Waals surface area contributed by atoms with Crippen molar-refractivity contribution >= 4 is 5.97 Å². The molecule has 2 aromatic rings. The van der Waals surface area contributed by atoms with Crippen LogP contribution in [-0.4, -0.2) is 15.6 Å². The van der Waals surface area contributed by atoms with Gasteiger partial charge in [0.25, 0.3) is 0 Å². The molecule has 0 amide bonds. The van der Waals surface area contributed by atoms with E-state index in [9.17, 15) is 9.90 Å². The van der Waals surface area contributed by atoms with Gasteiger partial charge in [-0.25, -0.2) is 4.79 Å². The van der Waals surface area contributed by atoms with Crippen LogP contribution in [0.5, 0.6) is 0 Å². The van der Waals surface area contributed by atoms with Gasteiger partial charge in [0.1, 0.15) is 0 Å². The highest BCUT2D eigenvalue weighted by molar-refractivity contribution is 5.91. The minimum absolute atomic E-state index is 0.392. The minimum Gasteiger partial charge on any atom is -0.478 e. The van der Waals surface area contributed by atoms with Gasteiger partial charge in [-0.05, 0) is 36.0 Å². The molecule has 0 aliphatic heterocycles. The van der Waals surface area contributed by atoms with Crippen LogP contribution in [0.4, 0.5) is 0 Å². The van der Waals surface area contributed by atoms with E-state index in [0.29, 0.717) is 17.4 Å². The van der Waals surface area contributed by atoms with Crippen LogP contribution >= 0.6 is 0 Å². The van der Waals surface area contributed by atoms with E-state index in [4.69, 9.17) is 0 Å². The van der Waals surface area contributed by atoms with Gasteiger partial charge in [0, 0.05) is 17.9 Å². The molecule has 0 bridgehead atoms. The fourth-order valence-corrected chi connectivity index (χ4v) is 2.74. The van der Waals surface area contributed by atoms with Crippen molar-refractivity contribution in [2.24, 2.45) is 5.92 Å². The molecule has 22 heavy (non-hydrogen) atoms. The smallest absolute Gasteiger partial charge is 0.337 e. The normalized spacial score (nSPS) is 11.4. The summed E-state index contributed by atoms with van der Waals surface area (Å²) in [5, 5.41) is 9.39. The number of hydrogen-bond donors (Lipinski definition) is 1. The predicted molar refractivity (Wildman–Crippen MR) is 90.5 cm³/mol. The van der Waals surface area contributed by atoms with Gasteiger partial charge in [-0.2, -0.15) is 0 Å². The summed E-state index contributed by atoms with van der Waals surface area (Å²) in [4.78, 5) is 11.4. The lowest BCUT2D eigenvalue weighted by atomic mass is 10.0. The maximum Gasteiger partial charge on any atom is 0.337 e. The molecule has 1 heterocycles. The van der Waals surface area contributed by atoms with Crippen molar-refractivity contribution in [1.82, 2.24) is 4.57 Å². The maximum atomic E-state index is 11.4. The van der Waals surface area contributed by atoms with Gasteiger partial charge < -0.3 is 9.67 Å². The third-order valence-corrected chi connectivity index (χ3v) is 4.02. The summed E-state index contributed by atoms with van der Waals surface area (Å²) in [6, 6.07) is 10.2. The molecule has 0 aliphatic carbocycles. The molecule has 0 spiro atoms. The van der Waals surface area contributed by atoms with Crippen molar-refractivity contribution in [3.8, 4) is 11.3 Å². The Hall–Kier alpha value is -2.03. The number of aromatic nitrogens is 1. The average Bonchev–Trinajstić information content (AvgIpc) is 2.76. The van der Waals surface area contributed by atoms with E-state index in [1.807, 2.05) is 6.92 Å². The van der Waals surface area contributed by atoms with E-state index in [0.717, 1.165) is 23.5 Å². The van der Waals surface area contributed by atoms with E-state index >= 15 is 0 Å². The standard InChI is InChI=1S/C19H25NO2/c1-12(2)11-20-14(5)17(19(21)22)10-18(20)16-8-6-15(7-9-16)13(3)4/h6-10,12-13H,11H2,1-5H3,(H,21,22). The minimum atomic E-state index is -0.861. The first-order valence-corrected chi connectivity index (χ1v) is 7.85. The van der Waals surface area contributed by atoms with Crippen molar-refractivity contribution in [1.29, 1.82) is 0 Å². The van der Waals surface area contributed by atoms with Gasteiger partial charge in [0.15, 0.2) is 0 Å². The first-order chi connectivity index (χ1) is 10.3. The zero-order valence-corrected chi connectivity index (χ0v) is 14.1. The Balaban J connectivity index is 2.53. The average molecular weight is 299 g/mol. The SMILES string of the molecule is Cc1c(C(=O)O)cc(-c2ccc(C(C)C)cc2)n1CC(C)C. The van der Waals surface area contributed by atoms with Gasteiger partial charge in [0.2, 0.25) is 0 Å². The number of carboxylic acids is 1. The lowest BCUT2D eigenvalue weighted by Crippen LogP contribution is -2.09. The zero-order valence-electron chi connectivity index (χ0n) is 14.1. The van der Waals surface area contributed by atoms with E-state index in [-0.39, 0.29) is 0 Å². The van der Waals surface area contributed by atoms with Crippen LogP contribution in [0.15, 0.2) is 30.3 Å². The molecule has 0 aliphatic rings. The third kappa shape index (κ3) is 3.24. The molecule has 0 unspecified atom stereocenters. The molecule has 1 aromatic heterocycles. The Morgan fingerprint density at radius 1 is 1.14 bits per heavy atom. The summed E-state index contributed by atoms with van der Waals surface area (Å²) in [5.74, 6) is 0.0919. The number of nitrogens with zero attached hydrogens (tertiary/aromatic N) is 1. The van der Waals surface area contributed by atoms with Gasteiger partial charge in [-0.3, -0.25) is 0 Å². The highest BCUT2D eigenvalue weighted by Crippen LogP contribution is 2.28. The number of rotatable bonds is 5. The fourth-order valence-electron chi connectivity index (χ4n) is 2.74. The van der Waals surface area contributed by atoms with Crippen molar-refractivity contribution in [2.75, 3.05) is 0 Å². The molecule has 0 saturated carbocycles. The molecule has 0 saturated heterocycles. The maximum absolute atomic E-state index is 11.4. The van der Waals surface area contributed by atoms with Gasteiger partial charge >= 0.3 is 5.97 Å². The topological polar surface area (TPSA) is 42.2 Å². The Morgan fingerprint density at radius 3 is 2.18 bits per heavy atom. The molecule has 3 heteroatoms. The molecular weight excluding hydrogens is 274 g/mol. The fraction of sp³-hybridized carbons (Fsp3) is 0.421. The quantitative estimate of drug-likeness (QED) is 0.849. The van der Waals surface area contributed by atoms with Gasteiger partial charge in [-0.1, -0.05) is 52.0 Å². The first kappa shape index (κ1) is 16.3. The van der Waals surface area contributed by atoms with Crippen LogP contribution in [-0.2, 0) is 6.54 Å². The Labute approximate surface area is 132 Å². The molecular formula is C19H25NO2. The number of carbonyl (C=O) groups is 1. The lowest BCUT2D eigenvalue weighted by molar-refractivity contribution is 0.0696. The Morgan fingerprint density at radius 2 is 1.73 bits per heavy atom.